The third kappa shape index (κ3) is 1600000. The first-order valence-electron chi connectivity index (χ1n) is 1.72. The van der Waals surface area contributed by atoms with Gasteiger partial charge in [0, 0.05) is 0 Å². The first-order chi connectivity index (χ1) is 5.46. The lowest BCUT2D eigenvalue weighted by atomic mass is 13.1. The molecule has 0 atom stereocenters. The van der Waals surface area contributed by atoms with Gasteiger partial charge in [-0.05, 0) is 3.44 Å². The summed E-state index contributed by atoms with van der Waals surface area (Å²) in [6.45, 7) is 0. The fourth-order valence-electron chi connectivity index (χ4n) is 0. The smallest absolute Gasteiger partial charge is 0.396 e. The SMILES string of the molecule is Cl.O=S(=O)(O)O.O=[N+]([O-])[O-].[O-][I+2]([O-])O. The van der Waals surface area contributed by atoms with E-state index < -0.39 is 36.5 Å². The molecule has 0 aromatic rings. The van der Waals surface area contributed by atoms with Crippen molar-refractivity contribution in [3.8, 4) is 0 Å². The Balaban J connectivity index is -0.0000000522. The van der Waals surface area contributed by atoms with Crippen LogP contribution >= 0.6 is 12.4 Å². The molecule has 0 aliphatic rings. The molecule has 14 heavy (non-hydrogen) atoms. The summed E-state index contributed by atoms with van der Waals surface area (Å²) in [4.78, 5) is 8.25. The Hall–Kier alpha value is -0.0300. The number of hydrogen-bond acceptors (Lipinski definition) is 8. The van der Waals surface area contributed by atoms with Crippen LogP contribution in [0.15, 0.2) is 0 Å². The van der Waals surface area contributed by atoms with Gasteiger partial charge in [-0.3, -0.25) is 9.11 Å². The van der Waals surface area contributed by atoms with Crippen molar-refractivity contribution in [2.75, 3.05) is 0 Å². The predicted molar refractivity (Wildman–Crippen MR) is 34.0 cm³/mol. The summed E-state index contributed by atoms with van der Waals surface area (Å²) in [6, 6.07) is 0. The van der Waals surface area contributed by atoms with Crippen molar-refractivity contribution < 1.29 is 54.0 Å². The van der Waals surface area contributed by atoms with Gasteiger partial charge in [0.2, 0.25) is 0 Å². The molecule has 0 amide bonds. The molecule has 0 spiro atoms. The number of hydrogen-bond donors (Lipinski definition) is 3. The normalized spacial score (nSPS) is 8.43. The van der Waals surface area contributed by atoms with Crippen LogP contribution in [0.4, 0.5) is 0 Å². The maximum Gasteiger partial charge on any atom is 0.503 e. The highest BCUT2D eigenvalue weighted by molar-refractivity contribution is 7.79. The van der Waals surface area contributed by atoms with Gasteiger partial charge in [0.15, 0.2) is 0 Å². The molecule has 0 aromatic heterocycles. The molecule has 0 aromatic carbocycles. The van der Waals surface area contributed by atoms with Crippen molar-refractivity contribution in [1.29, 1.82) is 0 Å². The van der Waals surface area contributed by atoms with E-state index >= 15 is 0 Å². The second kappa shape index (κ2) is 13.0. The largest absolute Gasteiger partial charge is 0.503 e. The lowest BCUT2D eigenvalue weighted by Crippen LogP contribution is -3.98. The van der Waals surface area contributed by atoms with Gasteiger partial charge >= 0.3 is 31.5 Å². The van der Waals surface area contributed by atoms with Crippen LogP contribution in [-0.2, 0) is 10.4 Å². The molecule has 14 heteroatoms. The topological polar surface area (TPSA) is 207 Å². The van der Waals surface area contributed by atoms with Crippen LogP contribution in [0, 0.1) is 15.3 Å². The maximum absolute atomic E-state index is 8.74. The Morgan fingerprint density at radius 3 is 1.14 bits per heavy atom. The predicted octanol–water partition coefficient (Wildman–Crippen LogP) is -6.40. The Kier molecular flexibility index (Phi) is 21.9. The minimum atomic E-state index is -4.67. The van der Waals surface area contributed by atoms with Crippen LogP contribution in [0.2, 0.25) is 0 Å². The second-order valence-electron chi connectivity index (χ2n) is 0.872. The van der Waals surface area contributed by atoms with Crippen molar-refractivity contribution in [1.82, 2.24) is 0 Å². The van der Waals surface area contributed by atoms with Gasteiger partial charge in [-0.25, -0.2) is 0 Å². The molecule has 90 valence electrons. The highest BCUT2D eigenvalue weighted by atomic mass is 127. The number of halogens is 2. The van der Waals surface area contributed by atoms with Crippen LogP contribution in [0.5, 0.6) is 0 Å². The average Bonchev–Trinajstić information content (AvgIpc) is 1.50. The third-order valence-electron chi connectivity index (χ3n) is 0. The summed E-state index contributed by atoms with van der Waals surface area (Å²) in [5.74, 6) is 0. The van der Waals surface area contributed by atoms with Crippen LogP contribution in [0.25, 0.3) is 0 Å². The average molecular weight is 372 g/mol. The summed E-state index contributed by atoms with van der Waals surface area (Å²) in [5, 5.41) is 14.8. The van der Waals surface area contributed by atoms with E-state index in [-0.39, 0.29) is 12.4 Å². The zero-order valence-corrected chi connectivity index (χ0v) is 9.63. The summed E-state index contributed by atoms with van der Waals surface area (Å²) in [7, 11) is -4.67. The lowest BCUT2D eigenvalue weighted by molar-refractivity contribution is -1.63. The van der Waals surface area contributed by atoms with Crippen molar-refractivity contribution in [3.05, 3.63) is 15.3 Å². The van der Waals surface area contributed by atoms with Gasteiger partial charge in [0.05, 0.1) is 5.09 Å². The van der Waals surface area contributed by atoms with Crippen LogP contribution in [0.3, 0.4) is 0 Å². The molecule has 0 unspecified atom stereocenters. The minimum absolute atomic E-state index is 0. The molecule has 0 aliphatic carbocycles. The first-order valence-corrected chi connectivity index (χ1v) is 5.85. The van der Waals surface area contributed by atoms with E-state index in [4.69, 9.17) is 43.2 Å². The molecule has 0 fully saturated rings. The molecule has 0 saturated carbocycles. The van der Waals surface area contributed by atoms with Crippen LogP contribution in [0.1, 0.15) is 0 Å². The lowest BCUT2D eigenvalue weighted by Gasteiger charge is -1.74. The Morgan fingerprint density at radius 2 is 1.14 bits per heavy atom. The Labute approximate surface area is 92.1 Å². The van der Waals surface area contributed by atoms with Gasteiger partial charge in [-0.1, -0.05) is 0 Å². The summed E-state index contributed by atoms with van der Waals surface area (Å²) in [6.07, 6.45) is 0. The standard InChI is InChI=1S/ClH.HIO3.NO3.H2O4S/c;2*2-1(3)4;1-5(2,3)4/h1H;2H;;(H2,1,2,3,4)/q;;-1;. The summed E-state index contributed by atoms with van der Waals surface area (Å²) < 4.78 is 56.1. The van der Waals surface area contributed by atoms with Gasteiger partial charge < -0.3 is 22.2 Å². The van der Waals surface area contributed by atoms with E-state index in [1.807, 2.05) is 0 Å². The monoisotopic (exact) mass is 372 g/mol. The van der Waals surface area contributed by atoms with Gasteiger partial charge in [-0.2, -0.15) is 8.42 Å². The Bertz CT molecular complexity index is 193. The molecule has 0 rings (SSSR count). The van der Waals surface area contributed by atoms with Gasteiger partial charge in [0.1, 0.15) is 0 Å². The van der Waals surface area contributed by atoms with E-state index in [2.05, 4.69) is 0 Å². The first kappa shape index (κ1) is 23.6. The van der Waals surface area contributed by atoms with Gasteiger partial charge in [-0.15, -0.1) is 12.4 Å². The number of rotatable bonds is 0. The van der Waals surface area contributed by atoms with Gasteiger partial charge in [0.25, 0.3) is 0 Å². The second-order valence-corrected chi connectivity index (χ2v) is 2.92. The minimum Gasteiger partial charge on any atom is -0.396 e. The van der Waals surface area contributed by atoms with Crippen molar-refractivity contribution in [2.45, 2.75) is 0 Å². The van der Waals surface area contributed by atoms with Crippen molar-refractivity contribution in [2.24, 2.45) is 0 Å². The summed E-state index contributed by atoms with van der Waals surface area (Å²) >= 11 is -3.76. The number of nitrogens with zero attached hydrogens (tertiary/aromatic N) is 1. The maximum atomic E-state index is 8.74. The molecular weight excluding hydrogens is 368 g/mol. The third-order valence-corrected chi connectivity index (χ3v) is 0. The van der Waals surface area contributed by atoms with E-state index in [0.717, 1.165) is 0 Å². The quantitative estimate of drug-likeness (QED) is 0.158. The molecule has 3 N–H and O–H groups in total. The molecule has 0 heterocycles. The van der Waals surface area contributed by atoms with E-state index in [1.165, 1.54) is 0 Å². The Morgan fingerprint density at radius 1 is 1.14 bits per heavy atom. The molecule has 11 nitrogen and oxygen atoms in total. The molecule has 0 bridgehead atoms. The fourth-order valence-corrected chi connectivity index (χ4v) is 0. The van der Waals surface area contributed by atoms with Crippen LogP contribution in [-0.4, -0.2) is 26.0 Å². The van der Waals surface area contributed by atoms with E-state index in [1.54, 1.807) is 0 Å². The molecule has 0 radical (unpaired) electrons. The molecular formula is H4ClINO10S-. The zero-order chi connectivity index (χ0) is 11.7. The van der Waals surface area contributed by atoms with Crippen molar-refractivity contribution >= 4 is 22.8 Å². The van der Waals surface area contributed by atoms with E-state index in [0.29, 0.717) is 0 Å². The molecule has 0 aliphatic heterocycles. The van der Waals surface area contributed by atoms with E-state index in [9.17, 15) is 0 Å². The highest BCUT2D eigenvalue weighted by Gasteiger charge is 1.89. The highest BCUT2D eigenvalue weighted by Crippen LogP contribution is 1.59. The zero-order valence-electron chi connectivity index (χ0n) is 5.84. The fraction of sp³-hybridized carbons (Fsp3) is 0. The molecule has 0 saturated heterocycles. The van der Waals surface area contributed by atoms with Crippen LogP contribution < -0.4 is 27.9 Å². The summed E-state index contributed by atoms with van der Waals surface area (Å²) in [5.41, 5.74) is 0. The van der Waals surface area contributed by atoms with Crippen molar-refractivity contribution in [3.63, 3.8) is 0 Å².